The lowest BCUT2D eigenvalue weighted by Gasteiger charge is -2.34. The van der Waals surface area contributed by atoms with Gasteiger partial charge in [0, 0.05) is 50.1 Å². The molecule has 4 rings (SSSR count). The summed E-state index contributed by atoms with van der Waals surface area (Å²) in [5.41, 5.74) is 0.886. The molecule has 1 fully saturated rings. The van der Waals surface area contributed by atoms with Crippen molar-refractivity contribution < 1.29 is 13.6 Å². The van der Waals surface area contributed by atoms with Gasteiger partial charge < -0.3 is 9.32 Å². The van der Waals surface area contributed by atoms with Crippen molar-refractivity contribution in [3.8, 4) is 0 Å². The van der Waals surface area contributed by atoms with Crippen LogP contribution in [0.2, 0.25) is 5.02 Å². The van der Waals surface area contributed by atoms with Crippen LogP contribution in [0.1, 0.15) is 21.9 Å². The Kier molecular flexibility index (Phi) is 5.45. The number of amides is 1. The highest BCUT2D eigenvalue weighted by molar-refractivity contribution is 6.31. The number of furan rings is 1. The molecule has 0 N–H and O–H groups in total. The first-order valence-electron chi connectivity index (χ1n) is 9.10. The summed E-state index contributed by atoms with van der Waals surface area (Å²) in [5.74, 6) is 0.592. The van der Waals surface area contributed by atoms with E-state index in [0.717, 1.165) is 18.7 Å². The molecule has 2 aromatic heterocycles. The Morgan fingerprint density at radius 2 is 1.96 bits per heavy atom. The van der Waals surface area contributed by atoms with E-state index in [0.29, 0.717) is 42.7 Å². The maximum atomic E-state index is 13.2. The van der Waals surface area contributed by atoms with E-state index in [4.69, 9.17) is 16.0 Å². The molecule has 1 aliphatic heterocycles. The number of hydrogen-bond donors (Lipinski definition) is 0. The van der Waals surface area contributed by atoms with E-state index >= 15 is 0 Å². The third-order valence-corrected chi connectivity index (χ3v) is 5.17. The first-order chi connectivity index (χ1) is 13.6. The van der Waals surface area contributed by atoms with Crippen LogP contribution in [-0.2, 0) is 13.1 Å². The van der Waals surface area contributed by atoms with Gasteiger partial charge in [0.2, 0.25) is 0 Å². The molecular weight excluding hydrogens is 383 g/mol. The fourth-order valence-electron chi connectivity index (χ4n) is 3.29. The van der Waals surface area contributed by atoms with Crippen molar-refractivity contribution in [2.45, 2.75) is 13.1 Å². The quantitative estimate of drug-likeness (QED) is 0.657. The van der Waals surface area contributed by atoms with Crippen LogP contribution in [-0.4, -0.2) is 51.7 Å². The molecule has 0 spiro atoms. The highest BCUT2D eigenvalue weighted by Gasteiger charge is 2.24. The van der Waals surface area contributed by atoms with Gasteiger partial charge in [0.25, 0.3) is 5.91 Å². The Bertz CT molecular complexity index is 949. The van der Waals surface area contributed by atoms with Crippen molar-refractivity contribution in [2.24, 2.45) is 0 Å². The highest BCUT2D eigenvalue weighted by atomic mass is 35.5. The van der Waals surface area contributed by atoms with E-state index in [1.165, 1.54) is 12.1 Å². The minimum Gasteiger partial charge on any atom is -0.454 e. The van der Waals surface area contributed by atoms with Crippen molar-refractivity contribution in [2.75, 3.05) is 26.2 Å². The molecule has 0 atom stereocenters. The normalized spacial score (nSPS) is 15.1. The molecule has 1 aliphatic rings. The Hall–Kier alpha value is -2.64. The summed E-state index contributed by atoms with van der Waals surface area (Å²) < 4.78 is 20.6. The number of piperazine rings is 1. The largest absolute Gasteiger partial charge is 0.454 e. The third kappa shape index (κ3) is 4.26. The molecule has 28 heavy (non-hydrogen) atoms. The van der Waals surface area contributed by atoms with Crippen LogP contribution in [0, 0.1) is 5.82 Å². The molecule has 6 nitrogen and oxygen atoms in total. The second-order valence-corrected chi connectivity index (χ2v) is 7.18. The van der Waals surface area contributed by atoms with E-state index in [2.05, 4.69) is 10.00 Å². The average molecular weight is 403 g/mol. The first kappa shape index (κ1) is 18.7. The zero-order chi connectivity index (χ0) is 19.5. The van der Waals surface area contributed by atoms with Crippen molar-refractivity contribution in [1.82, 2.24) is 19.6 Å². The average Bonchev–Trinajstić information content (AvgIpc) is 3.37. The molecule has 1 amide bonds. The molecule has 1 saturated heterocycles. The Balaban J connectivity index is 1.32. The zero-order valence-corrected chi connectivity index (χ0v) is 16.0. The number of benzene rings is 1. The van der Waals surface area contributed by atoms with Gasteiger partial charge in [-0.05, 0) is 35.9 Å². The van der Waals surface area contributed by atoms with Crippen molar-refractivity contribution in [3.63, 3.8) is 0 Å². The van der Waals surface area contributed by atoms with E-state index in [9.17, 15) is 9.18 Å². The van der Waals surface area contributed by atoms with Crippen molar-refractivity contribution >= 4 is 17.5 Å². The summed E-state index contributed by atoms with van der Waals surface area (Å²) in [7, 11) is 0. The topological polar surface area (TPSA) is 54.5 Å². The van der Waals surface area contributed by atoms with Gasteiger partial charge in [0.1, 0.15) is 11.6 Å². The SMILES string of the molecule is O=C(c1ccc(Cn2cccn2)o1)N1CCN(Cc2ccc(F)cc2Cl)CC1. The van der Waals surface area contributed by atoms with E-state index in [-0.39, 0.29) is 11.7 Å². The third-order valence-electron chi connectivity index (χ3n) is 4.82. The van der Waals surface area contributed by atoms with Gasteiger partial charge in [-0.15, -0.1) is 0 Å². The summed E-state index contributed by atoms with van der Waals surface area (Å²) in [5, 5.41) is 4.56. The maximum Gasteiger partial charge on any atom is 0.289 e. The van der Waals surface area contributed by atoms with Gasteiger partial charge in [0.15, 0.2) is 5.76 Å². The molecule has 0 unspecified atom stereocenters. The van der Waals surface area contributed by atoms with Crippen LogP contribution >= 0.6 is 11.6 Å². The fraction of sp³-hybridized carbons (Fsp3) is 0.300. The summed E-state index contributed by atoms with van der Waals surface area (Å²) in [4.78, 5) is 16.7. The van der Waals surface area contributed by atoms with Crippen molar-refractivity contribution in [3.05, 3.63) is 76.7 Å². The lowest BCUT2D eigenvalue weighted by atomic mass is 10.2. The molecule has 0 aliphatic carbocycles. The monoisotopic (exact) mass is 402 g/mol. The highest BCUT2D eigenvalue weighted by Crippen LogP contribution is 2.20. The summed E-state index contributed by atoms with van der Waals surface area (Å²) >= 11 is 6.11. The number of hydrogen-bond acceptors (Lipinski definition) is 4. The van der Waals surface area contributed by atoms with Gasteiger partial charge in [-0.25, -0.2) is 4.39 Å². The molecule has 1 aromatic carbocycles. The molecule has 3 aromatic rings. The summed E-state index contributed by atoms with van der Waals surface area (Å²) in [6.07, 6.45) is 3.55. The van der Waals surface area contributed by atoms with Crippen LogP contribution in [0.4, 0.5) is 4.39 Å². The summed E-state index contributed by atoms with van der Waals surface area (Å²) in [6, 6.07) is 9.81. The minimum atomic E-state index is -0.338. The Labute approximate surface area is 167 Å². The lowest BCUT2D eigenvalue weighted by Crippen LogP contribution is -2.48. The lowest BCUT2D eigenvalue weighted by molar-refractivity contribution is 0.0595. The maximum absolute atomic E-state index is 13.2. The molecule has 8 heteroatoms. The molecule has 0 bridgehead atoms. The molecular formula is C20H20ClFN4O2. The van der Waals surface area contributed by atoms with Crippen LogP contribution < -0.4 is 0 Å². The Morgan fingerprint density at radius 3 is 2.68 bits per heavy atom. The smallest absolute Gasteiger partial charge is 0.289 e. The Morgan fingerprint density at radius 1 is 1.14 bits per heavy atom. The van der Waals surface area contributed by atoms with Gasteiger partial charge in [-0.1, -0.05) is 17.7 Å². The van der Waals surface area contributed by atoms with E-state index in [1.54, 1.807) is 27.9 Å². The van der Waals surface area contributed by atoms with E-state index < -0.39 is 0 Å². The molecule has 0 radical (unpaired) electrons. The predicted molar refractivity (Wildman–Crippen MR) is 103 cm³/mol. The fourth-order valence-corrected chi connectivity index (χ4v) is 3.51. The van der Waals surface area contributed by atoms with Crippen LogP contribution in [0.15, 0.2) is 53.2 Å². The van der Waals surface area contributed by atoms with Crippen LogP contribution in [0.25, 0.3) is 0 Å². The van der Waals surface area contributed by atoms with Gasteiger partial charge >= 0.3 is 0 Å². The van der Waals surface area contributed by atoms with Gasteiger partial charge in [0.05, 0.1) is 6.54 Å². The minimum absolute atomic E-state index is 0.105. The predicted octanol–water partition coefficient (Wildman–Crippen LogP) is 3.27. The van der Waals surface area contributed by atoms with E-state index in [1.807, 2.05) is 18.3 Å². The number of aromatic nitrogens is 2. The first-order valence-corrected chi connectivity index (χ1v) is 9.48. The summed E-state index contributed by atoms with van der Waals surface area (Å²) in [6.45, 7) is 3.78. The number of nitrogens with zero attached hydrogens (tertiary/aromatic N) is 4. The molecule has 0 saturated carbocycles. The van der Waals surface area contributed by atoms with Crippen LogP contribution in [0.5, 0.6) is 0 Å². The standard InChI is InChI=1S/C20H20ClFN4O2/c21-18-12-16(22)3-2-15(18)13-24-8-10-25(11-9-24)20(27)19-5-4-17(28-19)14-26-7-1-6-23-26/h1-7,12H,8-11,13-14H2. The second-order valence-electron chi connectivity index (χ2n) is 6.77. The zero-order valence-electron chi connectivity index (χ0n) is 15.2. The number of carbonyl (C=O) groups is 1. The molecule has 3 heterocycles. The van der Waals surface area contributed by atoms with Crippen molar-refractivity contribution in [1.29, 1.82) is 0 Å². The molecule has 146 valence electrons. The number of carbonyl (C=O) groups excluding carboxylic acids is 1. The van der Waals surface area contributed by atoms with Crippen LogP contribution in [0.3, 0.4) is 0 Å². The van der Waals surface area contributed by atoms with Gasteiger partial charge in [-0.2, -0.15) is 5.10 Å². The van der Waals surface area contributed by atoms with Gasteiger partial charge in [-0.3, -0.25) is 14.4 Å². The number of halogens is 2. The second kappa shape index (κ2) is 8.16. The number of rotatable bonds is 5.